The van der Waals surface area contributed by atoms with Crippen molar-refractivity contribution in [2.24, 2.45) is 0 Å². The minimum Gasteiger partial charge on any atom is -0.478 e. The van der Waals surface area contributed by atoms with Gasteiger partial charge < -0.3 is 20.2 Å². The molecule has 1 fully saturated rings. The molecule has 1 aromatic carbocycles. The van der Waals surface area contributed by atoms with E-state index in [-0.39, 0.29) is 11.5 Å². The largest absolute Gasteiger partial charge is 0.478 e. The van der Waals surface area contributed by atoms with Crippen molar-refractivity contribution in [3.63, 3.8) is 0 Å². The smallest absolute Gasteiger partial charge is 0.335 e. The molecule has 130 valence electrons. The van der Waals surface area contributed by atoms with Crippen molar-refractivity contribution >= 4 is 23.5 Å². The van der Waals surface area contributed by atoms with Gasteiger partial charge in [0.15, 0.2) is 0 Å². The first kappa shape index (κ1) is 16.7. The summed E-state index contributed by atoms with van der Waals surface area (Å²) in [6, 6.07) is 8.47. The third-order valence-corrected chi connectivity index (χ3v) is 4.11. The number of likely N-dealkylation sites (N-methyl/N-ethyl adjacent to an activating group) is 1. The third-order valence-electron chi connectivity index (χ3n) is 4.11. The van der Waals surface area contributed by atoms with Crippen LogP contribution in [0.3, 0.4) is 0 Å². The summed E-state index contributed by atoms with van der Waals surface area (Å²) >= 11 is 0. The molecule has 3 rings (SSSR count). The van der Waals surface area contributed by atoms with Gasteiger partial charge in [0, 0.05) is 32.7 Å². The van der Waals surface area contributed by atoms with Gasteiger partial charge in [-0.25, -0.2) is 14.8 Å². The zero-order valence-electron chi connectivity index (χ0n) is 13.8. The molecule has 0 aliphatic carbocycles. The number of hydrogen-bond donors (Lipinski definition) is 2. The van der Waals surface area contributed by atoms with Crippen LogP contribution >= 0.6 is 0 Å². The predicted molar refractivity (Wildman–Crippen MR) is 92.6 cm³/mol. The fraction of sp³-hybridized carbons (Fsp3) is 0.294. The van der Waals surface area contributed by atoms with Crippen LogP contribution in [0, 0.1) is 0 Å². The van der Waals surface area contributed by atoms with Gasteiger partial charge in [0.2, 0.25) is 5.91 Å². The molecule has 1 aliphatic rings. The molecule has 0 atom stereocenters. The first-order valence-electron chi connectivity index (χ1n) is 7.90. The second-order valence-electron chi connectivity index (χ2n) is 5.85. The summed E-state index contributed by atoms with van der Waals surface area (Å²) in [6.07, 6.45) is 1.47. The van der Waals surface area contributed by atoms with E-state index in [4.69, 9.17) is 5.11 Å². The highest BCUT2D eigenvalue weighted by Crippen LogP contribution is 2.17. The van der Waals surface area contributed by atoms with Crippen molar-refractivity contribution in [2.45, 2.75) is 6.54 Å². The highest BCUT2D eigenvalue weighted by molar-refractivity contribution is 5.87. The van der Waals surface area contributed by atoms with Crippen LogP contribution in [0.2, 0.25) is 0 Å². The van der Waals surface area contributed by atoms with Crippen LogP contribution in [-0.2, 0) is 11.3 Å². The second kappa shape index (κ2) is 7.16. The summed E-state index contributed by atoms with van der Waals surface area (Å²) in [5, 5.41) is 12.1. The van der Waals surface area contributed by atoms with Crippen LogP contribution in [0.1, 0.15) is 15.9 Å². The first-order chi connectivity index (χ1) is 12.0. The molecule has 0 saturated carbocycles. The number of aromatic carboxylic acids is 1. The molecule has 2 heterocycles. The van der Waals surface area contributed by atoms with E-state index in [0.717, 1.165) is 12.1 Å². The maximum Gasteiger partial charge on any atom is 0.335 e. The molecule has 25 heavy (non-hydrogen) atoms. The zero-order valence-corrected chi connectivity index (χ0v) is 13.8. The summed E-state index contributed by atoms with van der Waals surface area (Å²) < 4.78 is 0. The zero-order chi connectivity index (χ0) is 17.8. The number of carbonyl (C=O) groups is 2. The number of carbonyl (C=O) groups excluding carboxylic acids is 1. The first-order valence-corrected chi connectivity index (χ1v) is 7.90. The monoisotopic (exact) mass is 341 g/mol. The number of hydrogen-bond acceptors (Lipinski definition) is 6. The van der Waals surface area contributed by atoms with Crippen molar-refractivity contribution in [1.82, 2.24) is 14.9 Å². The Balaban J connectivity index is 1.63. The fourth-order valence-corrected chi connectivity index (χ4v) is 2.53. The number of amides is 1. The number of carboxylic acids is 1. The minimum absolute atomic E-state index is 0.0675. The van der Waals surface area contributed by atoms with Crippen molar-refractivity contribution in [3.8, 4) is 0 Å². The normalized spacial score (nSPS) is 14.5. The molecule has 2 aromatic rings. The standard InChI is InChI=1S/C17H19N5O3/c1-21-6-7-22(10-16(21)23)15-8-14(19-11-20-15)18-9-12-2-4-13(5-3-12)17(24)25/h2-5,8,11H,6-7,9-10H2,1H3,(H,24,25)(H,18,19,20). The number of anilines is 2. The van der Waals surface area contributed by atoms with Crippen molar-refractivity contribution in [1.29, 1.82) is 0 Å². The highest BCUT2D eigenvalue weighted by Gasteiger charge is 2.22. The van der Waals surface area contributed by atoms with Gasteiger partial charge in [0.1, 0.15) is 18.0 Å². The Labute approximate surface area is 145 Å². The molecule has 0 spiro atoms. The number of carboxylic acid groups (broad SMARTS) is 1. The topological polar surface area (TPSA) is 98.7 Å². The Bertz CT molecular complexity index is 778. The van der Waals surface area contributed by atoms with E-state index < -0.39 is 5.97 Å². The summed E-state index contributed by atoms with van der Waals surface area (Å²) in [7, 11) is 1.79. The molecule has 2 N–H and O–H groups in total. The molecule has 1 amide bonds. The Hall–Kier alpha value is -3.16. The number of nitrogens with one attached hydrogen (secondary N) is 1. The minimum atomic E-state index is -0.943. The molecule has 0 bridgehead atoms. The number of benzene rings is 1. The van der Waals surface area contributed by atoms with Crippen LogP contribution in [-0.4, -0.2) is 58.5 Å². The molecular formula is C17H19N5O3. The number of rotatable bonds is 5. The van der Waals surface area contributed by atoms with E-state index in [1.165, 1.54) is 6.33 Å². The highest BCUT2D eigenvalue weighted by atomic mass is 16.4. The number of aromatic nitrogens is 2. The van der Waals surface area contributed by atoms with Gasteiger partial charge >= 0.3 is 5.97 Å². The maximum atomic E-state index is 11.8. The Morgan fingerprint density at radius 3 is 2.68 bits per heavy atom. The Kier molecular flexibility index (Phi) is 4.78. The third kappa shape index (κ3) is 4.03. The van der Waals surface area contributed by atoms with E-state index in [0.29, 0.717) is 31.3 Å². The van der Waals surface area contributed by atoms with Gasteiger partial charge in [-0.2, -0.15) is 0 Å². The van der Waals surface area contributed by atoms with Crippen molar-refractivity contribution < 1.29 is 14.7 Å². The molecule has 8 nitrogen and oxygen atoms in total. The van der Waals surface area contributed by atoms with Gasteiger partial charge in [-0.1, -0.05) is 12.1 Å². The van der Waals surface area contributed by atoms with E-state index in [1.54, 1.807) is 36.2 Å². The summed E-state index contributed by atoms with van der Waals surface area (Å²) in [4.78, 5) is 34.8. The number of piperazine rings is 1. The Morgan fingerprint density at radius 2 is 2.00 bits per heavy atom. The quantitative estimate of drug-likeness (QED) is 0.839. The van der Waals surface area contributed by atoms with Gasteiger partial charge in [-0.15, -0.1) is 0 Å². The van der Waals surface area contributed by atoms with E-state index in [1.807, 2.05) is 11.0 Å². The second-order valence-corrected chi connectivity index (χ2v) is 5.85. The van der Waals surface area contributed by atoms with Gasteiger partial charge in [-0.05, 0) is 17.7 Å². The van der Waals surface area contributed by atoms with Crippen LogP contribution < -0.4 is 10.2 Å². The van der Waals surface area contributed by atoms with Crippen LogP contribution in [0.25, 0.3) is 0 Å². The predicted octanol–water partition coefficient (Wildman–Crippen LogP) is 1.07. The fourth-order valence-electron chi connectivity index (χ4n) is 2.53. The SMILES string of the molecule is CN1CCN(c2cc(NCc3ccc(C(=O)O)cc3)ncn2)CC1=O. The van der Waals surface area contributed by atoms with Gasteiger partial charge in [-0.3, -0.25) is 4.79 Å². The van der Waals surface area contributed by atoms with Crippen LogP contribution in [0.4, 0.5) is 11.6 Å². The molecule has 0 unspecified atom stereocenters. The lowest BCUT2D eigenvalue weighted by atomic mass is 10.1. The summed E-state index contributed by atoms with van der Waals surface area (Å²) in [5.41, 5.74) is 1.20. The van der Waals surface area contributed by atoms with Crippen molar-refractivity contribution in [2.75, 3.05) is 36.9 Å². The maximum absolute atomic E-state index is 11.8. The molecule has 8 heteroatoms. The van der Waals surface area contributed by atoms with Crippen molar-refractivity contribution in [3.05, 3.63) is 47.8 Å². The number of nitrogens with zero attached hydrogens (tertiary/aromatic N) is 4. The average Bonchev–Trinajstić information content (AvgIpc) is 2.63. The lowest BCUT2D eigenvalue weighted by Gasteiger charge is -2.32. The Morgan fingerprint density at radius 1 is 1.24 bits per heavy atom. The van der Waals surface area contributed by atoms with Crippen LogP contribution in [0.15, 0.2) is 36.7 Å². The average molecular weight is 341 g/mol. The molecule has 1 aliphatic heterocycles. The van der Waals surface area contributed by atoms with E-state index in [9.17, 15) is 9.59 Å². The van der Waals surface area contributed by atoms with E-state index >= 15 is 0 Å². The molecular weight excluding hydrogens is 322 g/mol. The van der Waals surface area contributed by atoms with Gasteiger partial charge in [0.25, 0.3) is 0 Å². The van der Waals surface area contributed by atoms with Crippen LogP contribution in [0.5, 0.6) is 0 Å². The lowest BCUT2D eigenvalue weighted by molar-refractivity contribution is -0.129. The molecule has 0 radical (unpaired) electrons. The van der Waals surface area contributed by atoms with Gasteiger partial charge in [0.05, 0.1) is 12.1 Å². The van der Waals surface area contributed by atoms with E-state index in [2.05, 4.69) is 15.3 Å². The summed E-state index contributed by atoms with van der Waals surface area (Å²) in [5.74, 6) is 0.485. The molecule has 1 saturated heterocycles. The molecule has 1 aromatic heterocycles. The summed E-state index contributed by atoms with van der Waals surface area (Å²) in [6.45, 7) is 2.22. The lowest BCUT2D eigenvalue weighted by Crippen LogP contribution is -2.48.